The molecule has 0 spiro atoms. The van der Waals surface area contributed by atoms with Crippen LogP contribution >= 0.6 is 15.9 Å². The minimum atomic E-state index is -0.645. The molecule has 1 aromatic carbocycles. The zero-order valence-corrected chi connectivity index (χ0v) is 12.9. The molecule has 1 rings (SSSR count). The third-order valence-corrected chi connectivity index (χ3v) is 2.80. The first-order valence-electron chi connectivity index (χ1n) is 5.78. The van der Waals surface area contributed by atoms with E-state index in [4.69, 9.17) is 0 Å². The highest BCUT2D eigenvalue weighted by molar-refractivity contribution is 9.10. The summed E-state index contributed by atoms with van der Waals surface area (Å²) < 4.78 is 13.4. The number of halogens is 2. The summed E-state index contributed by atoms with van der Waals surface area (Å²) in [6.07, 6.45) is 0. The van der Waals surface area contributed by atoms with Gasteiger partial charge in [-0.3, -0.25) is 14.9 Å². The average molecular weight is 348 g/mol. The molecule has 1 aromatic rings. The molecule has 0 unspecified atom stereocenters. The normalized spacial score (nSPS) is 11.1. The van der Waals surface area contributed by atoms with Crippen LogP contribution in [0.1, 0.15) is 20.8 Å². The van der Waals surface area contributed by atoms with Gasteiger partial charge in [0.05, 0.1) is 15.9 Å². The van der Waals surface area contributed by atoms with Gasteiger partial charge >= 0.3 is 0 Å². The van der Waals surface area contributed by atoms with Crippen molar-refractivity contribution in [2.24, 2.45) is 0 Å². The number of anilines is 1. The molecule has 20 heavy (non-hydrogen) atoms. The van der Waals surface area contributed by atoms with Crippen LogP contribution in [0.4, 0.5) is 15.8 Å². The first-order valence-corrected chi connectivity index (χ1v) is 6.58. The zero-order valence-electron chi connectivity index (χ0n) is 11.3. The molecular weight excluding hydrogens is 333 g/mol. The number of carbonyl (C=O) groups excluding carboxylic acids is 1. The fraction of sp³-hybridized carbons (Fsp3) is 0.417. The molecule has 2 N–H and O–H groups in total. The number of rotatable bonds is 4. The second kappa shape index (κ2) is 6.17. The van der Waals surface area contributed by atoms with E-state index in [-0.39, 0.29) is 28.3 Å². The van der Waals surface area contributed by atoms with Gasteiger partial charge in [-0.15, -0.1) is 0 Å². The van der Waals surface area contributed by atoms with Gasteiger partial charge in [0.1, 0.15) is 11.5 Å². The van der Waals surface area contributed by atoms with Crippen molar-refractivity contribution in [2.75, 3.05) is 11.9 Å². The first-order chi connectivity index (χ1) is 9.10. The standard InChI is InChI=1S/C12H15BrFN3O3/c1-12(2,3)16-11(18)6-15-9-5-8(14)7(13)4-10(9)17(19)20/h4-5,15H,6H2,1-3H3,(H,16,18). The van der Waals surface area contributed by atoms with Crippen molar-refractivity contribution in [2.45, 2.75) is 26.3 Å². The van der Waals surface area contributed by atoms with Crippen molar-refractivity contribution in [3.05, 3.63) is 32.5 Å². The Hall–Kier alpha value is -1.70. The van der Waals surface area contributed by atoms with Gasteiger partial charge in [-0.25, -0.2) is 4.39 Å². The summed E-state index contributed by atoms with van der Waals surface area (Å²) in [5, 5.41) is 16.1. The highest BCUT2D eigenvalue weighted by Crippen LogP contribution is 2.30. The van der Waals surface area contributed by atoms with Crippen LogP contribution in [0.15, 0.2) is 16.6 Å². The molecule has 8 heteroatoms. The van der Waals surface area contributed by atoms with Crippen molar-refractivity contribution in [3.8, 4) is 0 Å². The van der Waals surface area contributed by atoms with E-state index in [1.165, 1.54) is 0 Å². The minimum absolute atomic E-state index is 0.00565. The lowest BCUT2D eigenvalue weighted by Crippen LogP contribution is -2.43. The van der Waals surface area contributed by atoms with E-state index in [1.54, 1.807) is 0 Å². The van der Waals surface area contributed by atoms with E-state index in [1.807, 2.05) is 20.8 Å². The topological polar surface area (TPSA) is 84.3 Å². The largest absolute Gasteiger partial charge is 0.370 e. The predicted molar refractivity (Wildman–Crippen MR) is 77.1 cm³/mol. The smallest absolute Gasteiger partial charge is 0.293 e. The quantitative estimate of drug-likeness (QED) is 0.647. The maximum Gasteiger partial charge on any atom is 0.293 e. The predicted octanol–water partition coefficient (Wildman–Crippen LogP) is 2.82. The maximum atomic E-state index is 13.4. The van der Waals surface area contributed by atoms with E-state index >= 15 is 0 Å². The summed E-state index contributed by atoms with van der Waals surface area (Å²) in [5.41, 5.74) is -0.753. The molecule has 0 bridgehead atoms. The zero-order chi connectivity index (χ0) is 15.5. The van der Waals surface area contributed by atoms with E-state index in [2.05, 4.69) is 26.6 Å². The summed E-state index contributed by atoms with van der Waals surface area (Å²) >= 11 is 2.88. The highest BCUT2D eigenvalue weighted by Gasteiger charge is 2.19. The van der Waals surface area contributed by atoms with Gasteiger partial charge in [0.25, 0.3) is 5.69 Å². The molecule has 0 aliphatic carbocycles. The molecule has 0 heterocycles. The summed E-state index contributed by atoms with van der Waals surface area (Å²) in [6.45, 7) is 5.26. The van der Waals surface area contributed by atoms with Crippen LogP contribution < -0.4 is 10.6 Å². The minimum Gasteiger partial charge on any atom is -0.370 e. The Balaban J connectivity index is 2.85. The number of benzene rings is 1. The van der Waals surface area contributed by atoms with Crippen molar-refractivity contribution in [1.82, 2.24) is 5.32 Å². The second-order valence-corrected chi connectivity index (χ2v) is 6.05. The number of hydrogen-bond acceptors (Lipinski definition) is 4. The summed E-state index contributed by atoms with van der Waals surface area (Å²) in [6, 6.07) is 2.03. The maximum absolute atomic E-state index is 13.4. The third-order valence-electron chi connectivity index (χ3n) is 2.19. The molecular formula is C12H15BrFN3O3. The Labute approximate surface area is 124 Å². The number of nitro groups is 1. The van der Waals surface area contributed by atoms with Gasteiger partial charge in [0.15, 0.2) is 0 Å². The van der Waals surface area contributed by atoms with Crippen LogP contribution in [0.5, 0.6) is 0 Å². The summed E-state index contributed by atoms with van der Waals surface area (Å²) in [7, 11) is 0. The number of hydrogen-bond donors (Lipinski definition) is 2. The Bertz CT molecular complexity index is 543. The first kappa shape index (κ1) is 16.4. The summed E-state index contributed by atoms with van der Waals surface area (Å²) in [5.74, 6) is -0.982. The summed E-state index contributed by atoms with van der Waals surface area (Å²) in [4.78, 5) is 21.9. The van der Waals surface area contributed by atoms with Crippen molar-refractivity contribution < 1.29 is 14.1 Å². The molecule has 1 amide bonds. The number of nitrogens with zero attached hydrogens (tertiary/aromatic N) is 1. The molecule has 0 saturated carbocycles. The SMILES string of the molecule is CC(C)(C)NC(=O)CNc1cc(F)c(Br)cc1[N+](=O)[O-]. The fourth-order valence-electron chi connectivity index (χ4n) is 1.47. The van der Waals surface area contributed by atoms with E-state index in [9.17, 15) is 19.3 Å². The van der Waals surface area contributed by atoms with Gasteiger partial charge in [-0.2, -0.15) is 0 Å². The molecule has 0 aromatic heterocycles. The molecule has 0 aliphatic rings. The molecule has 0 saturated heterocycles. The number of carbonyl (C=O) groups is 1. The lowest BCUT2D eigenvalue weighted by molar-refractivity contribution is -0.384. The van der Waals surface area contributed by atoms with E-state index in [0.29, 0.717) is 0 Å². The van der Waals surface area contributed by atoms with Gasteiger partial charge in [0, 0.05) is 17.7 Å². The van der Waals surface area contributed by atoms with Crippen LogP contribution in [-0.2, 0) is 4.79 Å². The number of nitro benzene ring substituents is 1. The van der Waals surface area contributed by atoms with Crippen molar-refractivity contribution in [1.29, 1.82) is 0 Å². The Morgan fingerprint density at radius 3 is 2.55 bits per heavy atom. The van der Waals surface area contributed by atoms with Gasteiger partial charge < -0.3 is 10.6 Å². The lowest BCUT2D eigenvalue weighted by Gasteiger charge is -2.20. The van der Waals surface area contributed by atoms with Gasteiger partial charge in [-0.05, 0) is 36.7 Å². The van der Waals surface area contributed by atoms with E-state index in [0.717, 1.165) is 12.1 Å². The van der Waals surface area contributed by atoms with Crippen molar-refractivity contribution in [3.63, 3.8) is 0 Å². The van der Waals surface area contributed by atoms with Gasteiger partial charge in [0.2, 0.25) is 5.91 Å². The van der Waals surface area contributed by atoms with Crippen molar-refractivity contribution >= 4 is 33.2 Å². The molecule has 110 valence electrons. The highest BCUT2D eigenvalue weighted by atomic mass is 79.9. The molecule has 0 aliphatic heterocycles. The average Bonchev–Trinajstić information content (AvgIpc) is 2.27. The van der Waals surface area contributed by atoms with Crippen LogP contribution in [0.25, 0.3) is 0 Å². The molecule has 0 radical (unpaired) electrons. The van der Waals surface area contributed by atoms with Crippen LogP contribution in [0, 0.1) is 15.9 Å². The third kappa shape index (κ3) is 4.76. The van der Waals surface area contributed by atoms with Crippen LogP contribution in [0.3, 0.4) is 0 Å². The van der Waals surface area contributed by atoms with Crippen LogP contribution in [-0.4, -0.2) is 22.9 Å². The van der Waals surface area contributed by atoms with Crippen LogP contribution in [0.2, 0.25) is 0 Å². The number of amides is 1. The lowest BCUT2D eigenvalue weighted by atomic mass is 10.1. The number of nitrogens with one attached hydrogen (secondary N) is 2. The second-order valence-electron chi connectivity index (χ2n) is 5.19. The monoisotopic (exact) mass is 347 g/mol. The Kier molecular flexibility index (Phi) is 5.04. The molecule has 0 fully saturated rings. The molecule has 6 nitrogen and oxygen atoms in total. The molecule has 0 atom stereocenters. The Morgan fingerprint density at radius 1 is 1.45 bits per heavy atom. The van der Waals surface area contributed by atoms with Gasteiger partial charge in [-0.1, -0.05) is 0 Å². The van der Waals surface area contributed by atoms with E-state index < -0.39 is 16.3 Å². The Morgan fingerprint density at radius 2 is 2.05 bits per heavy atom. The fourth-order valence-corrected chi connectivity index (χ4v) is 1.80.